The van der Waals surface area contributed by atoms with Crippen LogP contribution in [0.5, 0.6) is 5.75 Å². The number of carbonyl (C=O) groups is 2. The highest BCUT2D eigenvalue weighted by molar-refractivity contribution is 6.11. The lowest BCUT2D eigenvalue weighted by molar-refractivity contribution is -0.119. The number of nitrogens with zero attached hydrogens (tertiary/aromatic N) is 3. The minimum atomic E-state index is -0.269. The van der Waals surface area contributed by atoms with E-state index >= 15 is 0 Å². The van der Waals surface area contributed by atoms with Crippen LogP contribution in [0.1, 0.15) is 23.2 Å². The Morgan fingerprint density at radius 1 is 1.17 bits per heavy atom. The Hall–Kier alpha value is -3.61. The molecule has 1 N–H and O–H groups in total. The molecular formula is C23H24N4O3. The number of aromatic nitrogens is 2. The molecule has 3 aromatic rings. The Kier molecular flexibility index (Phi) is 5.79. The van der Waals surface area contributed by atoms with Crippen LogP contribution >= 0.6 is 0 Å². The van der Waals surface area contributed by atoms with Crippen molar-refractivity contribution in [3.8, 4) is 5.75 Å². The van der Waals surface area contributed by atoms with Crippen molar-refractivity contribution in [1.82, 2.24) is 9.78 Å². The molecule has 30 heavy (non-hydrogen) atoms. The third-order valence-corrected chi connectivity index (χ3v) is 5.01. The molecule has 4 rings (SSSR count). The second-order valence-electron chi connectivity index (χ2n) is 7.29. The molecule has 1 saturated carbocycles. The lowest BCUT2D eigenvalue weighted by Crippen LogP contribution is -2.29. The number of nitrogens with one attached hydrogen (secondary N) is 1. The van der Waals surface area contributed by atoms with Crippen molar-refractivity contribution >= 4 is 23.2 Å². The Morgan fingerprint density at radius 2 is 2.00 bits per heavy atom. The second kappa shape index (κ2) is 8.82. The van der Waals surface area contributed by atoms with E-state index in [1.807, 2.05) is 30.5 Å². The molecule has 7 heteroatoms. The highest BCUT2D eigenvalue weighted by Gasteiger charge is 2.33. The quantitative estimate of drug-likeness (QED) is 0.623. The van der Waals surface area contributed by atoms with E-state index in [1.54, 1.807) is 53.2 Å². The fourth-order valence-corrected chi connectivity index (χ4v) is 3.23. The van der Waals surface area contributed by atoms with Crippen molar-refractivity contribution in [1.29, 1.82) is 0 Å². The summed E-state index contributed by atoms with van der Waals surface area (Å²) in [6.07, 6.45) is 5.45. The molecule has 0 saturated heterocycles. The van der Waals surface area contributed by atoms with E-state index in [1.165, 1.54) is 0 Å². The molecule has 2 amide bonds. The molecule has 7 nitrogen and oxygen atoms in total. The number of ether oxygens (including phenoxy) is 1. The van der Waals surface area contributed by atoms with E-state index in [0.717, 1.165) is 12.8 Å². The van der Waals surface area contributed by atoms with Crippen molar-refractivity contribution in [2.45, 2.75) is 19.4 Å². The predicted octanol–water partition coefficient (Wildman–Crippen LogP) is 3.59. The van der Waals surface area contributed by atoms with E-state index in [-0.39, 0.29) is 17.7 Å². The van der Waals surface area contributed by atoms with Gasteiger partial charge in [-0.2, -0.15) is 5.10 Å². The summed E-state index contributed by atoms with van der Waals surface area (Å²) in [5.41, 5.74) is 1.69. The molecule has 0 unspecified atom stereocenters. The third-order valence-electron chi connectivity index (χ3n) is 5.01. The van der Waals surface area contributed by atoms with Gasteiger partial charge in [-0.3, -0.25) is 14.3 Å². The molecular weight excluding hydrogens is 380 g/mol. The summed E-state index contributed by atoms with van der Waals surface area (Å²) in [6.45, 7) is 1.11. The van der Waals surface area contributed by atoms with Crippen molar-refractivity contribution in [2.75, 3.05) is 23.9 Å². The summed E-state index contributed by atoms with van der Waals surface area (Å²) in [7, 11) is 1.72. The first-order valence-electron chi connectivity index (χ1n) is 10.00. The lowest BCUT2D eigenvalue weighted by Gasteiger charge is -2.20. The molecule has 1 heterocycles. The molecule has 1 fully saturated rings. The van der Waals surface area contributed by atoms with Crippen molar-refractivity contribution in [3.63, 3.8) is 0 Å². The fourth-order valence-electron chi connectivity index (χ4n) is 3.23. The Morgan fingerprint density at radius 3 is 2.77 bits per heavy atom. The van der Waals surface area contributed by atoms with Gasteiger partial charge in [0.15, 0.2) is 0 Å². The van der Waals surface area contributed by atoms with Gasteiger partial charge in [0.1, 0.15) is 12.4 Å². The van der Waals surface area contributed by atoms with Crippen LogP contribution in [0, 0.1) is 5.92 Å². The standard InChI is InChI=1S/C23H24N4O3/c1-26(23(29)17-10-11-17)21-9-3-2-8-20(21)22(28)25-18-6-4-7-19(16-18)30-15-14-27-13-5-12-24-27/h2-9,12-13,16-17H,10-11,14-15H2,1H3,(H,25,28). The summed E-state index contributed by atoms with van der Waals surface area (Å²) >= 11 is 0. The summed E-state index contributed by atoms with van der Waals surface area (Å²) in [5.74, 6) is 0.536. The summed E-state index contributed by atoms with van der Waals surface area (Å²) in [5, 5.41) is 7.05. The molecule has 1 aliphatic carbocycles. The van der Waals surface area contributed by atoms with Gasteiger partial charge in [0.05, 0.1) is 17.8 Å². The zero-order valence-corrected chi connectivity index (χ0v) is 16.8. The number of carbonyl (C=O) groups excluding carboxylic acids is 2. The number of anilines is 2. The minimum absolute atomic E-state index is 0.0582. The van der Waals surface area contributed by atoms with Crippen LogP contribution in [-0.4, -0.2) is 35.2 Å². The SMILES string of the molecule is CN(C(=O)C1CC1)c1ccccc1C(=O)Nc1cccc(OCCn2cccn2)c1. The molecule has 0 bridgehead atoms. The Labute approximate surface area is 175 Å². The molecule has 1 aliphatic rings. The molecule has 0 atom stereocenters. The zero-order valence-electron chi connectivity index (χ0n) is 16.8. The third kappa shape index (κ3) is 4.68. The summed E-state index contributed by atoms with van der Waals surface area (Å²) in [4.78, 5) is 27.0. The predicted molar refractivity (Wildman–Crippen MR) is 115 cm³/mol. The van der Waals surface area contributed by atoms with E-state index in [0.29, 0.717) is 35.8 Å². The normalized spacial score (nSPS) is 13.0. The molecule has 0 spiro atoms. The van der Waals surface area contributed by atoms with Gasteiger partial charge in [-0.25, -0.2) is 0 Å². The number of hydrogen-bond acceptors (Lipinski definition) is 4. The first kappa shape index (κ1) is 19.7. The van der Waals surface area contributed by atoms with Crippen molar-refractivity contribution in [3.05, 3.63) is 72.6 Å². The molecule has 0 aliphatic heterocycles. The first-order valence-corrected chi connectivity index (χ1v) is 10.00. The van der Waals surface area contributed by atoms with Crippen molar-refractivity contribution < 1.29 is 14.3 Å². The van der Waals surface area contributed by atoms with Crippen molar-refractivity contribution in [2.24, 2.45) is 5.92 Å². The van der Waals surface area contributed by atoms with Crippen LogP contribution in [0.25, 0.3) is 0 Å². The topological polar surface area (TPSA) is 76.5 Å². The van der Waals surface area contributed by atoms with E-state index in [9.17, 15) is 9.59 Å². The average molecular weight is 404 g/mol. The van der Waals surface area contributed by atoms with Gasteiger partial charge < -0.3 is 15.0 Å². The van der Waals surface area contributed by atoms with Crippen LogP contribution in [0.3, 0.4) is 0 Å². The van der Waals surface area contributed by atoms with Crippen LogP contribution in [0.2, 0.25) is 0 Å². The van der Waals surface area contributed by atoms with Gasteiger partial charge >= 0.3 is 0 Å². The maximum absolute atomic E-state index is 12.9. The number of hydrogen-bond donors (Lipinski definition) is 1. The summed E-state index contributed by atoms with van der Waals surface area (Å²) in [6, 6.07) is 16.3. The maximum atomic E-state index is 12.9. The average Bonchev–Trinajstić information content (AvgIpc) is 3.49. The second-order valence-corrected chi connectivity index (χ2v) is 7.29. The van der Waals surface area contributed by atoms with Gasteiger partial charge in [-0.1, -0.05) is 18.2 Å². The number of rotatable bonds is 8. The summed E-state index contributed by atoms with van der Waals surface area (Å²) < 4.78 is 7.56. The highest BCUT2D eigenvalue weighted by Crippen LogP contribution is 2.33. The Balaban J connectivity index is 1.42. The maximum Gasteiger partial charge on any atom is 0.257 e. The van der Waals surface area contributed by atoms with Gasteiger partial charge in [0.25, 0.3) is 5.91 Å². The lowest BCUT2D eigenvalue weighted by atomic mass is 10.1. The Bertz CT molecular complexity index is 1030. The van der Waals surface area contributed by atoms with Gasteiger partial charge in [-0.05, 0) is 43.2 Å². The fraction of sp³-hybridized carbons (Fsp3) is 0.261. The van der Waals surface area contributed by atoms with Crippen LogP contribution in [0.15, 0.2) is 67.0 Å². The largest absolute Gasteiger partial charge is 0.492 e. The number of benzene rings is 2. The highest BCUT2D eigenvalue weighted by atomic mass is 16.5. The van der Waals surface area contributed by atoms with Crippen LogP contribution in [-0.2, 0) is 11.3 Å². The van der Waals surface area contributed by atoms with Crippen LogP contribution in [0.4, 0.5) is 11.4 Å². The van der Waals surface area contributed by atoms with E-state index in [4.69, 9.17) is 4.74 Å². The monoisotopic (exact) mass is 404 g/mol. The van der Waals surface area contributed by atoms with Gasteiger partial charge in [0.2, 0.25) is 5.91 Å². The minimum Gasteiger partial charge on any atom is -0.492 e. The van der Waals surface area contributed by atoms with Gasteiger partial charge in [0, 0.05) is 37.1 Å². The molecule has 2 aromatic carbocycles. The zero-order chi connectivity index (χ0) is 20.9. The number of para-hydroxylation sites is 1. The first-order chi connectivity index (χ1) is 14.6. The molecule has 1 aromatic heterocycles. The van der Waals surface area contributed by atoms with Gasteiger partial charge in [-0.15, -0.1) is 0 Å². The van der Waals surface area contributed by atoms with E-state index < -0.39 is 0 Å². The molecule has 0 radical (unpaired) electrons. The molecule has 154 valence electrons. The van der Waals surface area contributed by atoms with Crippen LogP contribution < -0.4 is 15.0 Å². The van der Waals surface area contributed by atoms with E-state index in [2.05, 4.69) is 10.4 Å². The smallest absolute Gasteiger partial charge is 0.257 e. The number of amides is 2.